The molecule has 1 aromatic heterocycles. The van der Waals surface area contributed by atoms with Gasteiger partial charge in [-0.2, -0.15) is 0 Å². The van der Waals surface area contributed by atoms with E-state index in [0.29, 0.717) is 11.2 Å². The third-order valence-electron chi connectivity index (χ3n) is 5.97. The van der Waals surface area contributed by atoms with Gasteiger partial charge in [0.2, 0.25) is 0 Å². The molecule has 0 aliphatic carbocycles. The van der Waals surface area contributed by atoms with Gasteiger partial charge in [-0.15, -0.1) is 0 Å². The fraction of sp³-hybridized carbons (Fsp3) is 0.200. The first-order valence-electron chi connectivity index (χ1n) is 10.5. The number of hydrogen-bond donors (Lipinski definition) is 0. The summed E-state index contributed by atoms with van der Waals surface area (Å²) in [4.78, 5) is 4.96. The van der Waals surface area contributed by atoms with Crippen LogP contribution in [-0.2, 0) is 10.0 Å². The quantitative estimate of drug-likeness (QED) is 0.483. The Morgan fingerprint density at radius 3 is 2.06 bits per heavy atom. The van der Waals surface area contributed by atoms with Crippen LogP contribution in [0.3, 0.4) is 0 Å². The first kappa shape index (κ1) is 19.8. The molecule has 0 atom stereocenters. The summed E-state index contributed by atoms with van der Waals surface area (Å²) in [6.45, 7) is 3.83. The molecule has 1 saturated heterocycles. The predicted octanol–water partition coefficient (Wildman–Crippen LogP) is 4.30. The second-order valence-corrected chi connectivity index (χ2v) is 9.77. The number of aromatic nitrogens is 1. The number of piperazine rings is 1. The summed E-state index contributed by atoms with van der Waals surface area (Å²) in [5.41, 5.74) is 3.35. The van der Waals surface area contributed by atoms with E-state index >= 15 is 0 Å². The van der Waals surface area contributed by atoms with Gasteiger partial charge in [-0.05, 0) is 42.9 Å². The van der Waals surface area contributed by atoms with Gasteiger partial charge in [-0.3, -0.25) is 0 Å². The molecule has 6 heteroatoms. The molecule has 2 heterocycles. The van der Waals surface area contributed by atoms with Crippen molar-refractivity contribution < 1.29 is 8.42 Å². The summed E-state index contributed by atoms with van der Waals surface area (Å²) >= 11 is 0. The first-order valence-corrected chi connectivity index (χ1v) is 11.9. The van der Waals surface area contributed by atoms with E-state index in [1.807, 2.05) is 54.6 Å². The van der Waals surface area contributed by atoms with Gasteiger partial charge in [0.1, 0.15) is 0 Å². The normalized spacial score (nSPS) is 15.5. The van der Waals surface area contributed by atoms with Crippen molar-refractivity contribution in [3.8, 4) is 11.3 Å². The summed E-state index contributed by atoms with van der Waals surface area (Å²) < 4.78 is 29.1. The van der Waals surface area contributed by atoms with Crippen LogP contribution in [0.2, 0.25) is 0 Å². The third-order valence-corrected chi connectivity index (χ3v) is 7.72. The summed E-state index contributed by atoms with van der Waals surface area (Å²) in [7, 11) is -1.63. The molecule has 158 valence electrons. The Morgan fingerprint density at radius 2 is 1.39 bits per heavy atom. The minimum atomic E-state index is -3.77. The minimum Gasteiger partial charge on any atom is -0.368 e. The molecule has 1 fully saturated rings. The number of likely N-dealkylation sites (N-methyl/N-ethyl adjacent to an activating group) is 1. The highest BCUT2D eigenvalue weighted by Crippen LogP contribution is 2.37. The molecule has 0 amide bonds. The smallest absolute Gasteiger partial charge is 0.268 e. The van der Waals surface area contributed by atoms with Gasteiger partial charge in [0.05, 0.1) is 16.1 Å². The van der Waals surface area contributed by atoms with Crippen LogP contribution < -0.4 is 4.90 Å². The number of anilines is 1. The molecular formula is C25H25N3O2S. The van der Waals surface area contributed by atoms with Crippen LogP contribution in [0.1, 0.15) is 0 Å². The maximum absolute atomic E-state index is 13.8. The Balaban J connectivity index is 1.77. The van der Waals surface area contributed by atoms with Crippen molar-refractivity contribution >= 4 is 26.6 Å². The highest BCUT2D eigenvalue weighted by Gasteiger charge is 2.26. The van der Waals surface area contributed by atoms with Crippen LogP contribution in [0.4, 0.5) is 5.69 Å². The Morgan fingerprint density at radius 1 is 0.742 bits per heavy atom. The zero-order valence-corrected chi connectivity index (χ0v) is 18.3. The van der Waals surface area contributed by atoms with Gasteiger partial charge < -0.3 is 9.80 Å². The highest BCUT2D eigenvalue weighted by molar-refractivity contribution is 7.90. The molecule has 1 aliphatic rings. The van der Waals surface area contributed by atoms with Crippen molar-refractivity contribution in [3.63, 3.8) is 0 Å². The SMILES string of the molecule is CN1CCN(c2cccc3c2cc(-c2ccccc2)n3S(=O)(=O)c2ccccc2)CC1. The second kappa shape index (κ2) is 7.87. The summed E-state index contributed by atoms with van der Waals surface area (Å²) in [6, 6.07) is 26.4. The van der Waals surface area contributed by atoms with Crippen molar-refractivity contribution in [2.24, 2.45) is 0 Å². The largest absolute Gasteiger partial charge is 0.368 e. The Kier molecular flexibility index (Phi) is 5.04. The van der Waals surface area contributed by atoms with Crippen molar-refractivity contribution in [2.45, 2.75) is 4.90 Å². The summed E-state index contributed by atoms with van der Waals surface area (Å²) in [5.74, 6) is 0. The fourth-order valence-electron chi connectivity index (χ4n) is 4.28. The standard InChI is InChI=1S/C25H25N3O2S/c1-26-15-17-27(18-16-26)23-13-8-14-24-22(23)19-25(20-9-4-2-5-10-20)28(24)31(29,30)21-11-6-3-7-12-21/h2-14,19H,15-18H2,1H3. The van der Waals surface area contributed by atoms with Crippen LogP contribution in [0.25, 0.3) is 22.2 Å². The van der Waals surface area contributed by atoms with Crippen LogP contribution in [0, 0.1) is 0 Å². The lowest BCUT2D eigenvalue weighted by Crippen LogP contribution is -2.44. The lowest BCUT2D eigenvalue weighted by atomic mass is 10.1. The molecule has 1 aliphatic heterocycles. The predicted molar refractivity (Wildman–Crippen MR) is 126 cm³/mol. The highest BCUT2D eigenvalue weighted by atomic mass is 32.2. The lowest BCUT2D eigenvalue weighted by molar-refractivity contribution is 0.313. The van der Waals surface area contributed by atoms with Crippen molar-refractivity contribution in [1.82, 2.24) is 8.87 Å². The zero-order valence-electron chi connectivity index (χ0n) is 17.5. The summed E-state index contributed by atoms with van der Waals surface area (Å²) in [6.07, 6.45) is 0. The Labute approximate surface area is 183 Å². The van der Waals surface area contributed by atoms with Crippen molar-refractivity contribution in [3.05, 3.63) is 84.9 Å². The molecule has 3 aromatic carbocycles. The molecule has 0 bridgehead atoms. The van der Waals surface area contributed by atoms with E-state index in [0.717, 1.165) is 42.8 Å². The molecule has 0 saturated carbocycles. The molecular weight excluding hydrogens is 406 g/mol. The molecule has 0 N–H and O–H groups in total. The second-order valence-electron chi connectivity index (χ2n) is 7.98. The van der Waals surface area contributed by atoms with Crippen LogP contribution in [0.5, 0.6) is 0 Å². The Bertz CT molecular complexity index is 1310. The monoisotopic (exact) mass is 431 g/mol. The molecule has 0 radical (unpaired) electrons. The number of fused-ring (bicyclic) bond motifs is 1. The topological polar surface area (TPSA) is 45.5 Å². The van der Waals surface area contributed by atoms with Crippen molar-refractivity contribution in [1.29, 1.82) is 0 Å². The van der Waals surface area contributed by atoms with E-state index in [-0.39, 0.29) is 4.90 Å². The van der Waals surface area contributed by atoms with E-state index < -0.39 is 10.0 Å². The van der Waals surface area contributed by atoms with Gasteiger partial charge in [0, 0.05) is 37.3 Å². The lowest BCUT2D eigenvalue weighted by Gasteiger charge is -2.34. The number of nitrogens with zero attached hydrogens (tertiary/aromatic N) is 3. The van der Waals surface area contributed by atoms with E-state index in [1.54, 1.807) is 24.3 Å². The molecule has 0 spiro atoms. The van der Waals surface area contributed by atoms with E-state index in [1.165, 1.54) is 3.97 Å². The number of benzene rings is 3. The molecule has 5 rings (SSSR count). The third kappa shape index (κ3) is 3.52. The molecule has 5 nitrogen and oxygen atoms in total. The van der Waals surface area contributed by atoms with E-state index in [4.69, 9.17) is 0 Å². The molecule has 31 heavy (non-hydrogen) atoms. The van der Waals surface area contributed by atoms with Crippen LogP contribution >= 0.6 is 0 Å². The van der Waals surface area contributed by atoms with Gasteiger partial charge in [0.15, 0.2) is 0 Å². The average molecular weight is 432 g/mol. The van der Waals surface area contributed by atoms with Gasteiger partial charge in [0.25, 0.3) is 10.0 Å². The van der Waals surface area contributed by atoms with Gasteiger partial charge >= 0.3 is 0 Å². The first-order chi connectivity index (χ1) is 15.1. The zero-order chi connectivity index (χ0) is 21.4. The molecule has 4 aromatic rings. The van der Waals surface area contributed by atoms with Gasteiger partial charge in [-0.25, -0.2) is 12.4 Å². The maximum atomic E-state index is 13.8. The van der Waals surface area contributed by atoms with Gasteiger partial charge in [-0.1, -0.05) is 54.6 Å². The number of hydrogen-bond acceptors (Lipinski definition) is 4. The van der Waals surface area contributed by atoms with Crippen LogP contribution in [-0.4, -0.2) is 50.5 Å². The van der Waals surface area contributed by atoms with E-state index in [9.17, 15) is 8.42 Å². The average Bonchev–Trinajstić information content (AvgIpc) is 3.21. The fourth-order valence-corrected chi connectivity index (χ4v) is 5.83. The van der Waals surface area contributed by atoms with Crippen molar-refractivity contribution in [2.75, 3.05) is 38.1 Å². The summed E-state index contributed by atoms with van der Waals surface area (Å²) in [5, 5.41) is 0.963. The molecule has 0 unspecified atom stereocenters. The maximum Gasteiger partial charge on any atom is 0.268 e. The Hall–Kier alpha value is -3.09. The van der Waals surface area contributed by atoms with E-state index in [2.05, 4.69) is 22.9 Å². The minimum absolute atomic E-state index is 0.287. The number of rotatable bonds is 4. The van der Waals surface area contributed by atoms with Crippen LogP contribution in [0.15, 0.2) is 89.8 Å².